The maximum Gasteiger partial charge on any atom is 0.0366 e. The second-order valence-electron chi connectivity index (χ2n) is 14.3. The number of unbranched alkanes of at least 4 members (excludes halogenated alkanes) is 4. The number of pyridine rings is 1. The van der Waals surface area contributed by atoms with Gasteiger partial charge in [0.15, 0.2) is 0 Å². The second-order valence-corrected chi connectivity index (χ2v) is 14.3. The van der Waals surface area contributed by atoms with Crippen molar-refractivity contribution < 1.29 is 0 Å². The molecule has 0 atom stereocenters. The predicted octanol–water partition coefficient (Wildman–Crippen LogP) is 13.7. The molecule has 0 aliphatic carbocycles. The maximum atomic E-state index is 4.16. The summed E-state index contributed by atoms with van der Waals surface area (Å²) in [6, 6.07) is 40.7. The molecule has 1 aromatic heterocycles. The quantitative estimate of drug-likeness (QED) is 0.0705. The summed E-state index contributed by atoms with van der Waals surface area (Å²) in [6.45, 7) is 17.5. The number of nitrogens with zero attached hydrogens (tertiary/aromatic N) is 3. The minimum absolute atomic E-state index is 1.09. The van der Waals surface area contributed by atoms with Gasteiger partial charge in [-0.25, -0.2) is 0 Å². The van der Waals surface area contributed by atoms with Crippen LogP contribution in [-0.2, 0) is 0 Å². The first-order valence-electron chi connectivity index (χ1n) is 20.4. The van der Waals surface area contributed by atoms with Crippen LogP contribution in [0.1, 0.15) is 118 Å². The zero-order valence-electron chi connectivity index (χ0n) is 33.3. The van der Waals surface area contributed by atoms with E-state index < -0.39 is 0 Å². The molecule has 0 fully saturated rings. The monoisotopic (exact) mass is 715 g/mol. The van der Waals surface area contributed by atoms with Crippen LogP contribution in [0, 0.1) is 0 Å². The average Bonchev–Trinajstić information content (AvgIpc) is 3.23. The van der Waals surface area contributed by atoms with Gasteiger partial charge in [0, 0.05) is 49.9 Å². The van der Waals surface area contributed by atoms with E-state index in [1.807, 2.05) is 30.6 Å². The fourth-order valence-corrected chi connectivity index (χ4v) is 6.94. The third-order valence-electron chi connectivity index (χ3n) is 10.2. The van der Waals surface area contributed by atoms with Gasteiger partial charge in [0.1, 0.15) is 0 Å². The van der Waals surface area contributed by atoms with Crippen molar-refractivity contribution in [3.8, 4) is 0 Å². The van der Waals surface area contributed by atoms with Crippen LogP contribution in [0.15, 0.2) is 128 Å². The summed E-state index contributed by atoms with van der Waals surface area (Å²) in [6.07, 6.45) is 19.5. The van der Waals surface area contributed by atoms with Gasteiger partial charge in [-0.1, -0.05) is 151 Å². The molecule has 0 unspecified atom stereocenters. The smallest absolute Gasteiger partial charge is 0.0366 e. The lowest BCUT2D eigenvalue weighted by Crippen LogP contribution is -2.25. The molecular formula is C51H61N3. The van der Waals surface area contributed by atoms with E-state index in [0.29, 0.717) is 0 Å². The highest BCUT2D eigenvalue weighted by atomic mass is 15.1. The molecule has 3 heteroatoms. The molecule has 0 N–H and O–H groups in total. The van der Waals surface area contributed by atoms with Crippen molar-refractivity contribution >= 4 is 40.7 Å². The number of hydrogen-bond donors (Lipinski definition) is 0. The summed E-state index contributed by atoms with van der Waals surface area (Å²) in [4.78, 5) is 9.31. The number of hydrogen-bond acceptors (Lipinski definition) is 3. The Hall–Kier alpha value is -5.15. The summed E-state index contributed by atoms with van der Waals surface area (Å²) in [7, 11) is 0. The molecule has 0 bridgehead atoms. The average molecular weight is 716 g/mol. The largest absolute Gasteiger partial charge is 0.372 e. The molecule has 0 spiro atoms. The summed E-state index contributed by atoms with van der Waals surface area (Å²) >= 11 is 0. The van der Waals surface area contributed by atoms with Gasteiger partial charge in [-0.3, -0.25) is 4.98 Å². The Labute approximate surface area is 326 Å². The lowest BCUT2D eigenvalue weighted by molar-refractivity contribution is 0.678. The van der Waals surface area contributed by atoms with Gasteiger partial charge in [-0.05, 0) is 112 Å². The maximum absolute atomic E-state index is 4.16. The summed E-state index contributed by atoms with van der Waals surface area (Å²) in [5.74, 6) is 0. The number of anilines is 2. The Morgan fingerprint density at radius 3 is 1.09 bits per heavy atom. The zero-order chi connectivity index (χ0) is 38.0. The second kappa shape index (κ2) is 21.5. The molecule has 5 rings (SSSR count). The Balaban J connectivity index is 1.67. The van der Waals surface area contributed by atoms with E-state index in [2.05, 4.69) is 158 Å². The number of aromatic nitrogens is 1. The van der Waals surface area contributed by atoms with Gasteiger partial charge in [0.25, 0.3) is 0 Å². The standard InChI is InChI=1S/C51H61N3/c1-6-11-37-53(38-12-7-2)48-29-25-46(26-30-48)51(47-27-31-49(32-28-47)54(39-13-8-3)40-14-9-4)50(44-21-17-41(10-5)18-22-44)45-23-19-42(20-24-45)15-16-43-33-35-52-36-34-43/h10,15-36H,5-9,11-14,37-40H2,1-4H3. The van der Waals surface area contributed by atoms with Crippen molar-refractivity contribution in [2.75, 3.05) is 36.0 Å². The van der Waals surface area contributed by atoms with E-state index in [4.69, 9.17) is 0 Å². The molecule has 0 radical (unpaired) electrons. The molecule has 3 nitrogen and oxygen atoms in total. The van der Waals surface area contributed by atoms with Crippen molar-refractivity contribution in [2.45, 2.75) is 79.1 Å². The summed E-state index contributed by atoms with van der Waals surface area (Å²) in [5.41, 5.74) is 13.3. The third-order valence-corrected chi connectivity index (χ3v) is 10.2. The van der Waals surface area contributed by atoms with Crippen LogP contribution < -0.4 is 9.80 Å². The Kier molecular flexibility index (Phi) is 16.0. The van der Waals surface area contributed by atoms with Crippen LogP contribution in [0.3, 0.4) is 0 Å². The fourth-order valence-electron chi connectivity index (χ4n) is 6.94. The van der Waals surface area contributed by atoms with E-state index in [1.54, 1.807) is 0 Å². The lowest BCUT2D eigenvalue weighted by atomic mass is 9.85. The first-order valence-corrected chi connectivity index (χ1v) is 20.4. The van der Waals surface area contributed by atoms with Crippen molar-refractivity contribution in [2.24, 2.45) is 0 Å². The van der Waals surface area contributed by atoms with E-state index >= 15 is 0 Å². The van der Waals surface area contributed by atoms with Gasteiger partial charge in [-0.15, -0.1) is 0 Å². The minimum Gasteiger partial charge on any atom is -0.372 e. The first-order chi connectivity index (χ1) is 26.6. The van der Waals surface area contributed by atoms with E-state index in [-0.39, 0.29) is 0 Å². The first kappa shape index (κ1) is 40.0. The molecule has 0 aliphatic rings. The highest BCUT2D eigenvalue weighted by Crippen LogP contribution is 2.38. The van der Waals surface area contributed by atoms with Gasteiger partial charge in [0.2, 0.25) is 0 Å². The number of benzene rings is 4. The fraction of sp³-hybridized carbons (Fsp3) is 0.314. The predicted molar refractivity (Wildman–Crippen MR) is 238 cm³/mol. The van der Waals surface area contributed by atoms with E-state index in [1.165, 1.54) is 96.1 Å². The van der Waals surface area contributed by atoms with Crippen molar-refractivity contribution in [3.63, 3.8) is 0 Å². The van der Waals surface area contributed by atoms with Gasteiger partial charge >= 0.3 is 0 Å². The highest BCUT2D eigenvalue weighted by Gasteiger charge is 2.18. The Morgan fingerprint density at radius 2 is 0.759 bits per heavy atom. The van der Waals surface area contributed by atoms with Gasteiger partial charge < -0.3 is 9.80 Å². The van der Waals surface area contributed by atoms with Crippen LogP contribution in [0.25, 0.3) is 29.4 Å². The molecule has 4 aromatic carbocycles. The lowest BCUT2D eigenvalue weighted by Gasteiger charge is -2.26. The SMILES string of the molecule is C=Cc1ccc(C(=C(c2ccc(N(CCCC)CCCC)cc2)c2ccc(N(CCCC)CCCC)cc2)c2ccc(C=Cc3ccncc3)cc2)cc1. The molecule has 280 valence electrons. The molecule has 0 amide bonds. The van der Waals surface area contributed by atoms with Crippen molar-refractivity contribution in [1.29, 1.82) is 0 Å². The Bertz CT molecular complexity index is 1800. The minimum atomic E-state index is 1.09. The summed E-state index contributed by atoms with van der Waals surface area (Å²) < 4.78 is 0. The van der Waals surface area contributed by atoms with Crippen LogP contribution in [0.4, 0.5) is 11.4 Å². The molecule has 0 saturated carbocycles. The molecule has 1 heterocycles. The molecule has 54 heavy (non-hydrogen) atoms. The van der Waals surface area contributed by atoms with Crippen LogP contribution >= 0.6 is 0 Å². The third kappa shape index (κ3) is 11.2. The van der Waals surface area contributed by atoms with Gasteiger partial charge in [-0.2, -0.15) is 0 Å². The van der Waals surface area contributed by atoms with Crippen LogP contribution in [0.5, 0.6) is 0 Å². The van der Waals surface area contributed by atoms with Crippen LogP contribution in [-0.4, -0.2) is 31.2 Å². The normalized spacial score (nSPS) is 11.1. The number of rotatable bonds is 21. The molecule has 0 saturated heterocycles. The summed E-state index contributed by atoms with van der Waals surface area (Å²) in [5, 5.41) is 0. The van der Waals surface area contributed by atoms with Crippen molar-refractivity contribution in [3.05, 3.63) is 167 Å². The van der Waals surface area contributed by atoms with Crippen LogP contribution in [0.2, 0.25) is 0 Å². The zero-order valence-corrected chi connectivity index (χ0v) is 33.3. The highest BCUT2D eigenvalue weighted by molar-refractivity contribution is 6.05. The Morgan fingerprint density at radius 1 is 0.444 bits per heavy atom. The van der Waals surface area contributed by atoms with Gasteiger partial charge in [0.05, 0.1) is 0 Å². The van der Waals surface area contributed by atoms with Crippen molar-refractivity contribution in [1.82, 2.24) is 4.98 Å². The molecule has 0 aliphatic heterocycles. The van der Waals surface area contributed by atoms with E-state index in [0.717, 1.165) is 42.9 Å². The molecular weight excluding hydrogens is 655 g/mol. The molecule has 5 aromatic rings. The topological polar surface area (TPSA) is 19.4 Å². The van der Waals surface area contributed by atoms with E-state index in [9.17, 15) is 0 Å².